The maximum atomic E-state index is 4.44. The van der Waals surface area contributed by atoms with Gasteiger partial charge in [-0.3, -0.25) is 0 Å². The van der Waals surface area contributed by atoms with Crippen LogP contribution in [-0.2, 0) is 0 Å². The minimum absolute atomic E-state index is 0.892. The first kappa shape index (κ1) is 14.0. The second kappa shape index (κ2) is 5.31. The molecule has 4 heteroatoms. The van der Waals surface area contributed by atoms with Gasteiger partial charge in [0.15, 0.2) is 0 Å². The van der Waals surface area contributed by atoms with Gasteiger partial charge in [-0.2, -0.15) is 4.68 Å². The van der Waals surface area contributed by atoms with Gasteiger partial charge in [0.25, 0.3) is 0 Å². The van der Waals surface area contributed by atoms with E-state index >= 15 is 0 Å². The molecule has 2 heterocycles. The van der Waals surface area contributed by atoms with Gasteiger partial charge in [0, 0.05) is 22.7 Å². The third-order valence-electron chi connectivity index (χ3n) is 4.56. The summed E-state index contributed by atoms with van der Waals surface area (Å²) in [5, 5.41) is 11.1. The maximum Gasteiger partial charge on any atom is 0.149 e. The molecule has 0 radical (unpaired) electrons. The molecule has 0 amide bonds. The van der Waals surface area contributed by atoms with Gasteiger partial charge in [0.2, 0.25) is 0 Å². The lowest BCUT2D eigenvalue weighted by molar-refractivity contribution is 0.786. The van der Waals surface area contributed by atoms with Crippen molar-refractivity contribution in [2.45, 2.75) is 6.92 Å². The van der Waals surface area contributed by atoms with E-state index in [2.05, 4.69) is 82.6 Å². The molecule has 0 saturated carbocycles. The first-order chi connectivity index (χ1) is 12.3. The van der Waals surface area contributed by atoms with Crippen LogP contribution in [0.2, 0.25) is 0 Å². The normalized spacial score (nSPS) is 11.4. The zero-order valence-corrected chi connectivity index (χ0v) is 13.8. The number of hydrogen-bond acceptors (Lipinski definition) is 2. The van der Waals surface area contributed by atoms with E-state index in [4.69, 9.17) is 0 Å². The fraction of sp³-hybridized carbons (Fsp3) is 0.0476. The molecule has 0 aliphatic carbocycles. The standard InChI is InChI=1S/C21H16N4/c1-15-10-12-17(13-11-15)24-14-16-6-2-3-7-18(16)21(24)25-20-9-5-4-8-19(20)22-23-25/h2-14H,1H3. The Morgan fingerprint density at radius 3 is 2.44 bits per heavy atom. The van der Waals surface area contributed by atoms with Gasteiger partial charge < -0.3 is 4.57 Å². The fourth-order valence-electron chi connectivity index (χ4n) is 3.29. The van der Waals surface area contributed by atoms with Crippen molar-refractivity contribution in [3.05, 3.63) is 84.6 Å². The molecule has 120 valence electrons. The molecule has 0 unspecified atom stereocenters. The molecule has 2 aromatic heterocycles. The van der Waals surface area contributed by atoms with Gasteiger partial charge in [-0.25, -0.2) is 0 Å². The molecular formula is C21H16N4. The molecule has 0 N–H and O–H groups in total. The van der Waals surface area contributed by atoms with Gasteiger partial charge in [0.1, 0.15) is 11.3 Å². The SMILES string of the molecule is Cc1ccc(-n2cc3ccccc3c2-n2nnc3ccccc32)cc1. The van der Waals surface area contributed by atoms with E-state index in [9.17, 15) is 0 Å². The molecule has 4 nitrogen and oxygen atoms in total. The predicted octanol–water partition coefficient (Wildman–Crippen LogP) is 4.67. The molecule has 0 aliphatic rings. The van der Waals surface area contributed by atoms with E-state index in [1.807, 2.05) is 22.9 Å². The predicted molar refractivity (Wildman–Crippen MR) is 100 cm³/mol. The van der Waals surface area contributed by atoms with Crippen LogP contribution in [0.5, 0.6) is 0 Å². The summed E-state index contributed by atoms with van der Waals surface area (Å²) in [6.45, 7) is 2.10. The molecule has 0 bridgehead atoms. The Balaban J connectivity index is 1.87. The van der Waals surface area contributed by atoms with Crippen molar-refractivity contribution in [3.8, 4) is 11.5 Å². The fourth-order valence-corrected chi connectivity index (χ4v) is 3.29. The van der Waals surface area contributed by atoms with Crippen molar-refractivity contribution < 1.29 is 0 Å². The number of aromatic nitrogens is 4. The van der Waals surface area contributed by atoms with Crippen LogP contribution in [0.1, 0.15) is 5.56 Å². The Hall–Kier alpha value is -3.40. The molecule has 0 atom stereocenters. The highest BCUT2D eigenvalue weighted by Gasteiger charge is 2.16. The minimum atomic E-state index is 0.892. The van der Waals surface area contributed by atoms with Crippen molar-refractivity contribution in [2.75, 3.05) is 0 Å². The Bertz CT molecular complexity index is 1200. The number of aryl methyl sites for hydroxylation is 1. The molecule has 0 spiro atoms. The van der Waals surface area contributed by atoms with Crippen LogP contribution >= 0.6 is 0 Å². The Labute approximate surface area is 144 Å². The van der Waals surface area contributed by atoms with E-state index in [1.165, 1.54) is 10.9 Å². The molecule has 0 fully saturated rings. The average Bonchev–Trinajstić information content (AvgIpc) is 3.23. The van der Waals surface area contributed by atoms with Crippen molar-refractivity contribution in [2.24, 2.45) is 0 Å². The van der Waals surface area contributed by atoms with Crippen LogP contribution in [0.15, 0.2) is 79.0 Å². The lowest BCUT2D eigenvalue weighted by Crippen LogP contribution is -2.05. The van der Waals surface area contributed by atoms with E-state index < -0.39 is 0 Å². The van der Waals surface area contributed by atoms with E-state index in [0.717, 1.165) is 27.9 Å². The highest BCUT2D eigenvalue weighted by molar-refractivity contribution is 5.92. The zero-order valence-electron chi connectivity index (χ0n) is 13.8. The quantitative estimate of drug-likeness (QED) is 0.473. The summed E-state index contributed by atoms with van der Waals surface area (Å²) >= 11 is 0. The third kappa shape index (κ3) is 2.15. The highest BCUT2D eigenvalue weighted by Crippen LogP contribution is 2.29. The molecule has 5 aromatic rings. The molecule has 0 saturated heterocycles. The van der Waals surface area contributed by atoms with Crippen LogP contribution in [0.4, 0.5) is 0 Å². The summed E-state index contributed by atoms with van der Waals surface area (Å²) in [5.41, 5.74) is 4.24. The summed E-state index contributed by atoms with van der Waals surface area (Å²) in [6, 6.07) is 24.9. The van der Waals surface area contributed by atoms with Gasteiger partial charge in [-0.15, -0.1) is 5.10 Å². The smallest absolute Gasteiger partial charge is 0.149 e. The third-order valence-corrected chi connectivity index (χ3v) is 4.56. The molecule has 3 aromatic carbocycles. The van der Waals surface area contributed by atoms with Crippen molar-refractivity contribution in [3.63, 3.8) is 0 Å². The number of nitrogens with zero attached hydrogens (tertiary/aromatic N) is 4. The van der Waals surface area contributed by atoms with E-state index in [1.54, 1.807) is 0 Å². The summed E-state index contributed by atoms with van der Waals surface area (Å²) in [6.07, 6.45) is 2.16. The average molecular weight is 324 g/mol. The maximum absolute atomic E-state index is 4.44. The van der Waals surface area contributed by atoms with E-state index in [-0.39, 0.29) is 0 Å². The van der Waals surface area contributed by atoms with Gasteiger partial charge in [0.05, 0.1) is 5.52 Å². The number of rotatable bonds is 2. The first-order valence-corrected chi connectivity index (χ1v) is 8.29. The topological polar surface area (TPSA) is 35.6 Å². The Morgan fingerprint density at radius 2 is 1.56 bits per heavy atom. The number of para-hydroxylation sites is 1. The summed E-state index contributed by atoms with van der Waals surface area (Å²) in [5.74, 6) is 1.01. The first-order valence-electron chi connectivity index (χ1n) is 8.29. The second-order valence-corrected chi connectivity index (χ2v) is 6.24. The van der Waals surface area contributed by atoms with Crippen molar-refractivity contribution in [1.29, 1.82) is 0 Å². The number of benzene rings is 3. The van der Waals surface area contributed by atoms with Crippen LogP contribution in [0.3, 0.4) is 0 Å². The van der Waals surface area contributed by atoms with E-state index in [0.29, 0.717) is 0 Å². The van der Waals surface area contributed by atoms with Crippen molar-refractivity contribution in [1.82, 2.24) is 19.6 Å². The molecule has 5 rings (SSSR count). The van der Waals surface area contributed by atoms with Gasteiger partial charge in [-0.1, -0.05) is 59.3 Å². The summed E-state index contributed by atoms with van der Waals surface area (Å²) in [7, 11) is 0. The largest absolute Gasteiger partial charge is 0.301 e. The Kier molecular flexibility index (Phi) is 2.97. The summed E-state index contributed by atoms with van der Waals surface area (Å²) < 4.78 is 4.11. The molecule has 0 aliphatic heterocycles. The lowest BCUT2D eigenvalue weighted by Gasteiger charge is -2.10. The number of hydrogen-bond donors (Lipinski definition) is 0. The lowest BCUT2D eigenvalue weighted by atomic mass is 10.2. The van der Waals surface area contributed by atoms with Crippen molar-refractivity contribution >= 4 is 21.8 Å². The Morgan fingerprint density at radius 1 is 0.800 bits per heavy atom. The highest BCUT2D eigenvalue weighted by atomic mass is 15.5. The monoisotopic (exact) mass is 324 g/mol. The van der Waals surface area contributed by atoms with Crippen LogP contribution in [-0.4, -0.2) is 19.6 Å². The zero-order chi connectivity index (χ0) is 16.8. The number of fused-ring (bicyclic) bond motifs is 2. The van der Waals surface area contributed by atoms with Crippen LogP contribution in [0.25, 0.3) is 33.3 Å². The molecule has 25 heavy (non-hydrogen) atoms. The minimum Gasteiger partial charge on any atom is -0.301 e. The van der Waals surface area contributed by atoms with Crippen LogP contribution < -0.4 is 0 Å². The van der Waals surface area contributed by atoms with Gasteiger partial charge >= 0.3 is 0 Å². The second-order valence-electron chi connectivity index (χ2n) is 6.24. The van der Waals surface area contributed by atoms with Gasteiger partial charge in [-0.05, 0) is 31.2 Å². The summed E-state index contributed by atoms with van der Waals surface area (Å²) in [4.78, 5) is 0. The molecular weight excluding hydrogens is 308 g/mol. The van der Waals surface area contributed by atoms with Crippen LogP contribution in [0, 0.1) is 6.92 Å².